The Morgan fingerprint density at radius 2 is 1.86 bits per heavy atom. The number of fused-ring (bicyclic) bond motifs is 1. The fraction of sp³-hybridized carbons (Fsp3) is 0.400. The summed E-state index contributed by atoms with van der Waals surface area (Å²) in [7, 11) is 0. The first-order valence-electron chi connectivity index (χ1n) is 6.72. The van der Waals surface area contributed by atoms with Gasteiger partial charge >= 0.3 is 12.1 Å². The normalized spacial score (nSPS) is 14.4. The number of nitrogens with zero attached hydrogens (tertiary/aromatic N) is 1. The van der Waals surface area contributed by atoms with Gasteiger partial charge in [-0.1, -0.05) is 12.1 Å². The van der Waals surface area contributed by atoms with Gasteiger partial charge in [0.25, 0.3) is 0 Å². The molecule has 0 unspecified atom stereocenters. The van der Waals surface area contributed by atoms with E-state index in [2.05, 4.69) is 10.3 Å². The lowest BCUT2D eigenvalue weighted by Gasteiger charge is -2.26. The van der Waals surface area contributed by atoms with Gasteiger partial charge in [-0.3, -0.25) is 5.32 Å². The van der Waals surface area contributed by atoms with Crippen molar-refractivity contribution < 1.29 is 19.4 Å². The monoisotopic (exact) mass is 322 g/mol. The van der Waals surface area contributed by atoms with Crippen LogP contribution >= 0.6 is 11.3 Å². The van der Waals surface area contributed by atoms with E-state index in [1.165, 1.54) is 18.3 Å². The second-order valence-electron chi connectivity index (χ2n) is 6.04. The minimum absolute atomic E-state index is 0.298. The first kappa shape index (κ1) is 16.2. The summed E-state index contributed by atoms with van der Waals surface area (Å²) in [6.45, 7) is 6.53. The number of para-hydroxylation sites is 1. The van der Waals surface area contributed by atoms with Crippen LogP contribution in [0, 0.1) is 0 Å². The second-order valence-corrected chi connectivity index (χ2v) is 7.07. The average molecular weight is 322 g/mol. The van der Waals surface area contributed by atoms with Crippen molar-refractivity contribution in [3.8, 4) is 0 Å². The number of nitrogens with one attached hydrogen (secondary N) is 1. The molecular weight excluding hydrogens is 304 g/mol. The first-order valence-corrected chi connectivity index (χ1v) is 7.54. The number of thiazole rings is 1. The summed E-state index contributed by atoms with van der Waals surface area (Å²) in [5.41, 5.74) is -1.66. The van der Waals surface area contributed by atoms with Gasteiger partial charge < -0.3 is 9.84 Å². The van der Waals surface area contributed by atoms with Crippen molar-refractivity contribution in [2.24, 2.45) is 0 Å². The highest BCUT2D eigenvalue weighted by Crippen LogP contribution is 2.30. The van der Waals surface area contributed by atoms with Crippen LogP contribution in [-0.4, -0.2) is 27.8 Å². The highest BCUT2D eigenvalue weighted by molar-refractivity contribution is 7.18. The van der Waals surface area contributed by atoms with E-state index in [9.17, 15) is 14.7 Å². The topological polar surface area (TPSA) is 88.5 Å². The van der Waals surface area contributed by atoms with Crippen molar-refractivity contribution in [2.45, 2.75) is 38.8 Å². The standard InChI is InChI=1S/C15H18N2O4S/c1-14(2,3)21-13(20)17-15(4,12(18)19)11-16-9-7-5-6-8-10(9)22-11/h5-8H,1-4H3,(H,17,20)(H,18,19)/t15-/m0/s1. The molecule has 118 valence electrons. The molecule has 2 N–H and O–H groups in total. The maximum Gasteiger partial charge on any atom is 0.408 e. The molecule has 2 aromatic rings. The molecule has 1 amide bonds. The summed E-state index contributed by atoms with van der Waals surface area (Å²) in [4.78, 5) is 28.0. The third kappa shape index (κ3) is 3.36. The summed E-state index contributed by atoms with van der Waals surface area (Å²) in [6, 6.07) is 7.33. The van der Waals surface area contributed by atoms with E-state index >= 15 is 0 Å². The molecule has 0 aliphatic rings. The van der Waals surface area contributed by atoms with Gasteiger partial charge in [0.1, 0.15) is 10.6 Å². The van der Waals surface area contributed by atoms with E-state index in [0.717, 1.165) is 4.70 Å². The third-order valence-electron chi connectivity index (χ3n) is 2.90. The Morgan fingerprint density at radius 3 is 2.41 bits per heavy atom. The number of benzene rings is 1. The summed E-state index contributed by atoms with van der Waals surface area (Å²) in [5, 5.41) is 12.3. The maximum atomic E-state index is 11.9. The molecule has 22 heavy (non-hydrogen) atoms. The summed E-state index contributed by atoms with van der Waals surface area (Å²) in [5.74, 6) is -1.20. The number of rotatable bonds is 3. The Morgan fingerprint density at radius 1 is 1.23 bits per heavy atom. The van der Waals surface area contributed by atoms with Crippen molar-refractivity contribution in [2.75, 3.05) is 0 Å². The molecule has 2 rings (SSSR count). The van der Waals surface area contributed by atoms with Crippen molar-refractivity contribution in [1.29, 1.82) is 0 Å². The van der Waals surface area contributed by atoms with E-state index in [1.54, 1.807) is 26.8 Å². The summed E-state index contributed by atoms with van der Waals surface area (Å²) in [6.07, 6.45) is -0.795. The number of hydrogen-bond acceptors (Lipinski definition) is 5. The lowest BCUT2D eigenvalue weighted by molar-refractivity contribution is -0.144. The fourth-order valence-corrected chi connectivity index (χ4v) is 2.85. The molecule has 0 aliphatic heterocycles. The smallest absolute Gasteiger partial charge is 0.408 e. The molecule has 0 bridgehead atoms. The predicted molar refractivity (Wildman–Crippen MR) is 84.0 cm³/mol. The van der Waals surface area contributed by atoms with Crippen molar-refractivity contribution in [1.82, 2.24) is 10.3 Å². The molecule has 1 aromatic carbocycles. The fourth-order valence-electron chi connectivity index (χ4n) is 1.79. The predicted octanol–water partition coefficient (Wildman–Crippen LogP) is 3.12. The van der Waals surface area contributed by atoms with Crippen molar-refractivity contribution in [3.63, 3.8) is 0 Å². The first-order chi connectivity index (χ1) is 10.1. The average Bonchev–Trinajstić information content (AvgIpc) is 2.80. The number of carboxylic acids is 1. The molecule has 0 fully saturated rings. The van der Waals surface area contributed by atoms with Gasteiger partial charge in [-0.05, 0) is 39.8 Å². The molecule has 1 aromatic heterocycles. The number of amides is 1. The van der Waals surface area contributed by atoms with E-state index in [0.29, 0.717) is 10.5 Å². The zero-order valence-electron chi connectivity index (χ0n) is 12.8. The SMILES string of the molecule is CC(C)(C)OC(=O)N[C@](C)(C(=O)O)c1nc2ccccc2s1. The molecule has 6 nitrogen and oxygen atoms in total. The largest absolute Gasteiger partial charge is 0.479 e. The van der Waals surface area contributed by atoms with Crippen molar-refractivity contribution in [3.05, 3.63) is 29.3 Å². The maximum absolute atomic E-state index is 11.9. The lowest BCUT2D eigenvalue weighted by atomic mass is 10.0. The highest BCUT2D eigenvalue weighted by Gasteiger charge is 2.41. The molecule has 7 heteroatoms. The number of carboxylic acid groups (broad SMARTS) is 1. The quantitative estimate of drug-likeness (QED) is 0.906. The Labute approximate surface area is 132 Å². The van der Waals surface area contributed by atoms with Crippen molar-refractivity contribution >= 4 is 33.6 Å². The van der Waals surface area contributed by atoms with Gasteiger partial charge in [0, 0.05) is 0 Å². The second kappa shape index (κ2) is 5.57. The Hall–Kier alpha value is -2.15. The third-order valence-corrected chi connectivity index (χ3v) is 4.16. The van der Waals surface area contributed by atoms with Crippen LogP contribution in [0.2, 0.25) is 0 Å². The molecule has 0 aliphatic carbocycles. The number of ether oxygens (including phenoxy) is 1. The van der Waals surface area contributed by atoms with Crippen LogP contribution in [0.15, 0.2) is 24.3 Å². The molecule has 0 saturated carbocycles. The van der Waals surface area contributed by atoms with Crippen LogP contribution in [0.3, 0.4) is 0 Å². The highest BCUT2D eigenvalue weighted by atomic mass is 32.1. The van der Waals surface area contributed by atoms with E-state index < -0.39 is 23.2 Å². The molecule has 0 spiro atoms. The van der Waals surface area contributed by atoms with Gasteiger partial charge in [-0.15, -0.1) is 11.3 Å². The zero-order valence-corrected chi connectivity index (χ0v) is 13.7. The van der Waals surface area contributed by atoms with E-state index in [-0.39, 0.29) is 0 Å². The van der Waals surface area contributed by atoms with Crippen LogP contribution in [0.1, 0.15) is 32.7 Å². The van der Waals surface area contributed by atoms with Crippen LogP contribution in [0.5, 0.6) is 0 Å². The molecular formula is C15H18N2O4S. The van der Waals surface area contributed by atoms with Gasteiger partial charge in [-0.2, -0.15) is 0 Å². The Balaban J connectivity index is 2.35. The summed E-state index contributed by atoms with van der Waals surface area (Å²) < 4.78 is 6.00. The molecule has 1 atom stereocenters. The van der Waals surface area contributed by atoms with Crippen LogP contribution in [0.4, 0.5) is 4.79 Å². The number of aliphatic carboxylic acids is 1. The summed E-state index contributed by atoms with van der Waals surface area (Å²) >= 11 is 1.23. The van der Waals surface area contributed by atoms with Gasteiger partial charge in [0.15, 0.2) is 5.54 Å². The molecule has 0 saturated heterocycles. The number of alkyl carbamates (subject to hydrolysis) is 1. The van der Waals surface area contributed by atoms with Crippen LogP contribution in [-0.2, 0) is 15.1 Å². The lowest BCUT2D eigenvalue weighted by Crippen LogP contribution is -2.50. The number of hydrogen-bond donors (Lipinski definition) is 2. The number of aromatic nitrogens is 1. The van der Waals surface area contributed by atoms with E-state index in [1.807, 2.05) is 18.2 Å². The van der Waals surface area contributed by atoms with Gasteiger partial charge in [-0.25, -0.2) is 14.6 Å². The van der Waals surface area contributed by atoms with E-state index in [4.69, 9.17) is 4.74 Å². The zero-order chi connectivity index (χ0) is 16.5. The Kier molecular flexibility index (Phi) is 4.10. The number of carbonyl (C=O) groups excluding carboxylic acids is 1. The Bertz CT molecular complexity index is 687. The minimum Gasteiger partial charge on any atom is -0.479 e. The molecule has 0 radical (unpaired) electrons. The minimum atomic E-state index is -1.65. The number of carbonyl (C=O) groups is 2. The molecule has 1 heterocycles. The van der Waals surface area contributed by atoms with Crippen LogP contribution in [0.25, 0.3) is 10.2 Å². The van der Waals surface area contributed by atoms with Crippen LogP contribution < -0.4 is 5.32 Å². The van der Waals surface area contributed by atoms with Gasteiger partial charge in [0.2, 0.25) is 0 Å². The van der Waals surface area contributed by atoms with Gasteiger partial charge in [0.05, 0.1) is 10.2 Å².